The fourth-order valence-corrected chi connectivity index (χ4v) is 0.991. The van der Waals surface area contributed by atoms with Crippen LogP contribution in [0.15, 0.2) is 0 Å². The molecule has 0 amide bonds. The van der Waals surface area contributed by atoms with Crippen molar-refractivity contribution in [3.05, 3.63) is 11.6 Å². The van der Waals surface area contributed by atoms with E-state index in [0.717, 1.165) is 25.7 Å². The van der Waals surface area contributed by atoms with Crippen molar-refractivity contribution in [3.63, 3.8) is 0 Å². The molecule has 0 spiro atoms. The minimum Gasteiger partial charge on any atom is -0.330 e. The summed E-state index contributed by atoms with van der Waals surface area (Å²) in [7, 11) is 0. The molecular formula is C8H16N6. The van der Waals surface area contributed by atoms with Crippen LogP contribution in [0.4, 0.5) is 0 Å². The molecular weight excluding hydrogens is 180 g/mol. The third-order valence-electron chi connectivity index (χ3n) is 1.77. The van der Waals surface area contributed by atoms with Crippen LogP contribution in [-0.4, -0.2) is 33.5 Å². The van der Waals surface area contributed by atoms with Crippen LogP contribution in [-0.2, 0) is 12.8 Å². The standard InChI is InChI=1S/C8H16N6/c9-5-1-3-7-11-13-8(14-12-7)4-2-6-10/h1-6,9-10H2. The average molecular weight is 196 g/mol. The highest BCUT2D eigenvalue weighted by molar-refractivity contribution is 4.83. The Kier molecular flexibility index (Phi) is 4.95. The van der Waals surface area contributed by atoms with E-state index in [-0.39, 0.29) is 0 Å². The van der Waals surface area contributed by atoms with Gasteiger partial charge in [0.25, 0.3) is 0 Å². The van der Waals surface area contributed by atoms with Gasteiger partial charge in [0.05, 0.1) is 0 Å². The van der Waals surface area contributed by atoms with Gasteiger partial charge in [0.1, 0.15) is 0 Å². The van der Waals surface area contributed by atoms with Gasteiger partial charge in [-0.15, -0.1) is 20.4 Å². The Labute approximate surface area is 83.1 Å². The van der Waals surface area contributed by atoms with E-state index in [0.29, 0.717) is 24.7 Å². The van der Waals surface area contributed by atoms with E-state index in [4.69, 9.17) is 11.5 Å². The Hall–Kier alpha value is -1.14. The van der Waals surface area contributed by atoms with E-state index >= 15 is 0 Å². The van der Waals surface area contributed by atoms with E-state index in [9.17, 15) is 0 Å². The zero-order valence-corrected chi connectivity index (χ0v) is 8.19. The number of hydrogen-bond acceptors (Lipinski definition) is 6. The maximum Gasteiger partial charge on any atom is 0.173 e. The molecule has 1 rings (SSSR count). The Balaban J connectivity index is 2.42. The average Bonchev–Trinajstić information content (AvgIpc) is 2.25. The van der Waals surface area contributed by atoms with Crippen LogP contribution in [0.5, 0.6) is 0 Å². The zero-order chi connectivity index (χ0) is 10.2. The number of rotatable bonds is 6. The lowest BCUT2D eigenvalue weighted by atomic mass is 10.3. The largest absolute Gasteiger partial charge is 0.330 e. The summed E-state index contributed by atoms with van der Waals surface area (Å²) in [5.41, 5.74) is 10.7. The van der Waals surface area contributed by atoms with Gasteiger partial charge in [0.15, 0.2) is 11.6 Å². The molecule has 0 saturated heterocycles. The lowest BCUT2D eigenvalue weighted by molar-refractivity contribution is 0.657. The molecule has 1 aromatic heterocycles. The van der Waals surface area contributed by atoms with Crippen molar-refractivity contribution in [2.45, 2.75) is 25.7 Å². The van der Waals surface area contributed by atoms with Gasteiger partial charge in [-0.25, -0.2) is 0 Å². The van der Waals surface area contributed by atoms with E-state index in [2.05, 4.69) is 20.4 Å². The highest BCUT2D eigenvalue weighted by atomic mass is 15.3. The molecule has 6 heteroatoms. The summed E-state index contributed by atoms with van der Waals surface area (Å²) in [6.07, 6.45) is 3.22. The molecule has 0 aliphatic heterocycles. The van der Waals surface area contributed by atoms with E-state index in [1.165, 1.54) is 0 Å². The monoisotopic (exact) mass is 196 g/mol. The van der Waals surface area contributed by atoms with E-state index < -0.39 is 0 Å². The smallest absolute Gasteiger partial charge is 0.173 e. The number of nitrogens with zero attached hydrogens (tertiary/aromatic N) is 4. The van der Waals surface area contributed by atoms with Crippen molar-refractivity contribution in [2.75, 3.05) is 13.1 Å². The van der Waals surface area contributed by atoms with Crippen LogP contribution in [0.1, 0.15) is 24.5 Å². The third kappa shape index (κ3) is 3.71. The molecule has 0 aromatic carbocycles. The second-order valence-corrected chi connectivity index (χ2v) is 3.02. The van der Waals surface area contributed by atoms with Crippen LogP contribution in [0.3, 0.4) is 0 Å². The SMILES string of the molecule is NCCCc1nnc(CCCN)nn1. The normalized spacial score (nSPS) is 10.4. The van der Waals surface area contributed by atoms with Gasteiger partial charge in [0.2, 0.25) is 0 Å². The molecule has 4 N–H and O–H groups in total. The van der Waals surface area contributed by atoms with Crippen molar-refractivity contribution in [2.24, 2.45) is 11.5 Å². The molecule has 0 saturated carbocycles. The fraction of sp³-hybridized carbons (Fsp3) is 0.750. The molecule has 0 atom stereocenters. The predicted molar refractivity (Wildman–Crippen MR) is 52.4 cm³/mol. The highest BCUT2D eigenvalue weighted by Gasteiger charge is 2.00. The minimum atomic E-state index is 0.637. The van der Waals surface area contributed by atoms with Crippen molar-refractivity contribution in [3.8, 4) is 0 Å². The number of aryl methyl sites for hydroxylation is 2. The van der Waals surface area contributed by atoms with Gasteiger partial charge in [-0.05, 0) is 25.9 Å². The topological polar surface area (TPSA) is 104 Å². The minimum absolute atomic E-state index is 0.637. The second kappa shape index (κ2) is 6.33. The summed E-state index contributed by atoms with van der Waals surface area (Å²) in [5, 5.41) is 15.8. The van der Waals surface area contributed by atoms with Gasteiger partial charge in [-0.3, -0.25) is 0 Å². The summed E-state index contributed by atoms with van der Waals surface area (Å²) >= 11 is 0. The van der Waals surface area contributed by atoms with Crippen LogP contribution in [0.2, 0.25) is 0 Å². The molecule has 0 aliphatic rings. The van der Waals surface area contributed by atoms with Crippen LogP contribution >= 0.6 is 0 Å². The molecule has 6 nitrogen and oxygen atoms in total. The third-order valence-corrected chi connectivity index (χ3v) is 1.77. The first-order valence-corrected chi connectivity index (χ1v) is 4.82. The maximum atomic E-state index is 5.36. The Morgan fingerprint density at radius 1 is 0.714 bits per heavy atom. The van der Waals surface area contributed by atoms with Crippen molar-refractivity contribution in [1.82, 2.24) is 20.4 Å². The second-order valence-electron chi connectivity index (χ2n) is 3.02. The molecule has 1 heterocycles. The summed E-state index contributed by atoms with van der Waals surface area (Å²) in [6.45, 7) is 1.27. The van der Waals surface area contributed by atoms with Gasteiger partial charge >= 0.3 is 0 Å². The predicted octanol–water partition coefficient (Wildman–Crippen LogP) is -0.951. The van der Waals surface area contributed by atoms with Gasteiger partial charge < -0.3 is 11.5 Å². The number of hydrogen-bond donors (Lipinski definition) is 2. The van der Waals surface area contributed by atoms with Gasteiger partial charge in [0, 0.05) is 12.8 Å². The molecule has 78 valence electrons. The van der Waals surface area contributed by atoms with Crippen molar-refractivity contribution < 1.29 is 0 Å². The molecule has 0 aliphatic carbocycles. The Bertz CT molecular complexity index is 220. The number of aromatic nitrogens is 4. The summed E-state index contributed by atoms with van der Waals surface area (Å²) in [6, 6.07) is 0. The zero-order valence-electron chi connectivity index (χ0n) is 8.19. The molecule has 1 aromatic rings. The Morgan fingerprint density at radius 2 is 1.07 bits per heavy atom. The molecule has 0 bridgehead atoms. The maximum absolute atomic E-state index is 5.36. The molecule has 0 unspecified atom stereocenters. The highest BCUT2D eigenvalue weighted by Crippen LogP contribution is 1.94. The summed E-state index contributed by atoms with van der Waals surface area (Å²) < 4.78 is 0. The summed E-state index contributed by atoms with van der Waals surface area (Å²) in [5.74, 6) is 1.32. The number of nitrogens with two attached hydrogens (primary N) is 2. The van der Waals surface area contributed by atoms with Crippen LogP contribution in [0, 0.1) is 0 Å². The molecule has 0 fully saturated rings. The first-order valence-electron chi connectivity index (χ1n) is 4.82. The first-order chi connectivity index (χ1) is 6.86. The van der Waals surface area contributed by atoms with Gasteiger partial charge in [-0.2, -0.15) is 0 Å². The van der Waals surface area contributed by atoms with E-state index in [1.807, 2.05) is 0 Å². The molecule has 0 radical (unpaired) electrons. The fourth-order valence-electron chi connectivity index (χ4n) is 0.991. The summed E-state index contributed by atoms with van der Waals surface area (Å²) in [4.78, 5) is 0. The van der Waals surface area contributed by atoms with Crippen LogP contribution < -0.4 is 11.5 Å². The van der Waals surface area contributed by atoms with Crippen molar-refractivity contribution >= 4 is 0 Å². The Morgan fingerprint density at radius 3 is 1.36 bits per heavy atom. The van der Waals surface area contributed by atoms with E-state index in [1.54, 1.807) is 0 Å². The van der Waals surface area contributed by atoms with Gasteiger partial charge in [-0.1, -0.05) is 0 Å². The van der Waals surface area contributed by atoms with Crippen LogP contribution in [0.25, 0.3) is 0 Å². The lowest BCUT2D eigenvalue weighted by Crippen LogP contribution is -2.09. The first kappa shape index (κ1) is 10.9. The lowest BCUT2D eigenvalue weighted by Gasteiger charge is -1.98. The quantitative estimate of drug-likeness (QED) is 0.608. The molecule has 14 heavy (non-hydrogen) atoms. The van der Waals surface area contributed by atoms with Crippen molar-refractivity contribution in [1.29, 1.82) is 0 Å².